The van der Waals surface area contributed by atoms with E-state index < -0.39 is 17.0 Å². The number of fused-ring (bicyclic) bond motifs is 2. The number of imidazole rings is 1. The predicted octanol–water partition coefficient (Wildman–Crippen LogP) is 3.34. The molecule has 4 rings (SSSR count). The van der Waals surface area contributed by atoms with E-state index >= 15 is 0 Å². The highest BCUT2D eigenvalue weighted by Gasteiger charge is 2.59. The first-order chi connectivity index (χ1) is 9.12. The summed E-state index contributed by atoms with van der Waals surface area (Å²) < 4.78 is 30.7. The van der Waals surface area contributed by atoms with Crippen LogP contribution < -0.4 is 0 Å². The van der Waals surface area contributed by atoms with Crippen molar-refractivity contribution in [3.8, 4) is 0 Å². The fraction of sp³-hybridized carbons (Fsp3) is 0.357. The molecule has 1 aliphatic carbocycles. The largest absolute Gasteiger partial charge is 0.337 e. The number of nitrogens with zero attached hydrogens (tertiary/aromatic N) is 1. The van der Waals surface area contributed by atoms with Gasteiger partial charge in [0.2, 0.25) is 0 Å². The van der Waals surface area contributed by atoms with Crippen LogP contribution in [-0.2, 0) is 18.4 Å². The Morgan fingerprint density at radius 1 is 1.32 bits per heavy atom. The topological polar surface area (TPSA) is 20.7 Å². The van der Waals surface area contributed by atoms with Gasteiger partial charge in [-0.25, -0.2) is 8.78 Å². The molecule has 0 spiro atoms. The Morgan fingerprint density at radius 2 is 2.05 bits per heavy atom. The van der Waals surface area contributed by atoms with Crippen molar-refractivity contribution in [3.05, 3.63) is 52.1 Å². The van der Waals surface area contributed by atoms with Gasteiger partial charge in [0.25, 0.3) is 0 Å². The summed E-state index contributed by atoms with van der Waals surface area (Å²) >= 11 is 5.23. The van der Waals surface area contributed by atoms with E-state index in [1.165, 1.54) is 18.2 Å². The van der Waals surface area contributed by atoms with Gasteiger partial charge in [-0.3, -0.25) is 0 Å². The summed E-state index contributed by atoms with van der Waals surface area (Å²) in [6.45, 7) is 0.577. The molecule has 1 N–H and O–H groups in total. The number of hydrogen-bond donors (Lipinski definition) is 1. The molecule has 0 saturated heterocycles. The molecule has 1 unspecified atom stereocenters. The number of halogens is 2. The quantitative estimate of drug-likeness (QED) is 0.793. The SMILES string of the molecule is Fc1cccc(F)c1[C@]12CC1Cc1c[nH]c(=S)n1C2. The Bertz CT molecular complexity index is 713. The van der Waals surface area contributed by atoms with Crippen LogP contribution in [0.4, 0.5) is 8.78 Å². The molecule has 1 aliphatic heterocycles. The van der Waals surface area contributed by atoms with Crippen molar-refractivity contribution in [2.75, 3.05) is 0 Å². The molecule has 1 fully saturated rings. The smallest absolute Gasteiger partial charge is 0.177 e. The Morgan fingerprint density at radius 3 is 2.79 bits per heavy atom. The van der Waals surface area contributed by atoms with E-state index in [0.717, 1.165) is 18.5 Å². The van der Waals surface area contributed by atoms with Crippen LogP contribution in [0.1, 0.15) is 17.7 Å². The molecule has 5 heteroatoms. The van der Waals surface area contributed by atoms with E-state index in [-0.39, 0.29) is 5.56 Å². The second kappa shape index (κ2) is 3.54. The molecular formula is C14H12F2N2S. The number of H-pyrrole nitrogens is 1. The van der Waals surface area contributed by atoms with E-state index in [2.05, 4.69) is 4.98 Å². The van der Waals surface area contributed by atoms with Gasteiger partial charge < -0.3 is 9.55 Å². The van der Waals surface area contributed by atoms with Gasteiger partial charge in [-0.1, -0.05) is 6.07 Å². The molecule has 19 heavy (non-hydrogen) atoms. The average Bonchev–Trinajstić information content (AvgIpc) is 2.98. The van der Waals surface area contributed by atoms with Crippen LogP contribution in [0.25, 0.3) is 0 Å². The maximum absolute atomic E-state index is 14.0. The Balaban J connectivity index is 1.87. The highest BCUT2D eigenvalue weighted by Crippen LogP contribution is 2.60. The van der Waals surface area contributed by atoms with Crippen molar-refractivity contribution < 1.29 is 8.78 Å². The number of benzene rings is 1. The van der Waals surface area contributed by atoms with Gasteiger partial charge in [0.15, 0.2) is 4.77 Å². The zero-order valence-electron chi connectivity index (χ0n) is 10.1. The van der Waals surface area contributed by atoms with Crippen LogP contribution in [0.15, 0.2) is 24.4 Å². The highest BCUT2D eigenvalue weighted by molar-refractivity contribution is 7.71. The van der Waals surface area contributed by atoms with Gasteiger partial charge in [0.05, 0.1) is 0 Å². The minimum absolute atomic E-state index is 0.244. The molecule has 1 aromatic heterocycles. The van der Waals surface area contributed by atoms with Crippen LogP contribution in [0.2, 0.25) is 0 Å². The predicted molar refractivity (Wildman–Crippen MR) is 69.5 cm³/mol. The molecule has 0 amide bonds. The van der Waals surface area contributed by atoms with Crippen molar-refractivity contribution in [3.63, 3.8) is 0 Å². The van der Waals surface area contributed by atoms with Gasteiger partial charge >= 0.3 is 0 Å². The third kappa shape index (κ3) is 1.42. The van der Waals surface area contributed by atoms with Crippen molar-refractivity contribution in [2.45, 2.75) is 24.8 Å². The molecule has 2 nitrogen and oxygen atoms in total. The second-order valence-electron chi connectivity index (χ2n) is 5.53. The van der Waals surface area contributed by atoms with Crippen molar-refractivity contribution in [1.29, 1.82) is 0 Å². The van der Waals surface area contributed by atoms with Crippen molar-refractivity contribution in [1.82, 2.24) is 9.55 Å². The lowest BCUT2D eigenvalue weighted by Crippen LogP contribution is -2.27. The van der Waals surface area contributed by atoms with E-state index in [0.29, 0.717) is 17.2 Å². The van der Waals surface area contributed by atoms with Crippen LogP contribution in [0, 0.1) is 22.3 Å². The standard InChI is InChI=1S/C14H12F2N2S/c15-10-2-1-3-11(16)12(10)14-5-8(14)4-9-6-17-13(19)18(9)7-14/h1-3,6,8H,4-5,7H2,(H,17,19)/t8?,14-/m0/s1. The number of hydrogen-bond acceptors (Lipinski definition) is 1. The number of aromatic nitrogens is 2. The zero-order valence-corrected chi connectivity index (χ0v) is 10.9. The monoisotopic (exact) mass is 278 g/mol. The third-order valence-corrected chi connectivity index (χ3v) is 4.88. The molecule has 2 aromatic rings. The first kappa shape index (κ1) is 11.3. The summed E-state index contributed by atoms with van der Waals surface area (Å²) in [5.74, 6) is -0.551. The molecule has 0 radical (unpaired) electrons. The lowest BCUT2D eigenvalue weighted by Gasteiger charge is -2.25. The Labute approximate surface area is 114 Å². The minimum Gasteiger partial charge on any atom is -0.337 e. The van der Waals surface area contributed by atoms with E-state index in [1.54, 1.807) is 0 Å². The molecule has 98 valence electrons. The Hall–Kier alpha value is -1.49. The molecule has 1 saturated carbocycles. The summed E-state index contributed by atoms with van der Waals surface area (Å²) in [7, 11) is 0. The first-order valence-electron chi connectivity index (χ1n) is 6.33. The average molecular weight is 278 g/mol. The summed E-state index contributed by atoms with van der Waals surface area (Å²) in [5.41, 5.74) is 0.983. The summed E-state index contributed by atoms with van der Waals surface area (Å²) in [6, 6.07) is 4.10. The van der Waals surface area contributed by atoms with Gasteiger partial charge in [-0.2, -0.15) is 0 Å². The van der Waals surface area contributed by atoms with Gasteiger partial charge in [0.1, 0.15) is 11.6 Å². The number of rotatable bonds is 1. The molecule has 1 aromatic carbocycles. The second-order valence-corrected chi connectivity index (χ2v) is 5.92. The lowest BCUT2D eigenvalue weighted by atomic mass is 9.88. The number of nitrogens with one attached hydrogen (secondary N) is 1. The van der Waals surface area contributed by atoms with Gasteiger partial charge in [0, 0.05) is 29.4 Å². The number of aromatic amines is 1. The summed E-state index contributed by atoms with van der Waals surface area (Å²) in [5, 5.41) is 0. The van der Waals surface area contributed by atoms with Crippen LogP contribution in [0.3, 0.4) is 0 Å². The molecule has 2 aliphatic rings. The van der Waals surface area contributed by atoms with Crippen LogP contribution in [0.5, 0.6) is 0 Å². The fourth-order valence-corrected chi connectivity index (χ4v) is 3.75. The lowest BCUT2D eigenvalue weighted by molar-refractivity contribution is 0.406. The summed E-state index contributed by atoms with van der Waals surface area (Å²) in [6.07, 6.45) is 3.57. The normalized spacial score (nSPS) is 27.8. The minimum atomic E-state index is -0.437. The van der Waals surface area contributed by atoms with E-state index in [1.807, 2.05) is 10.8 Å². The highest BCUT2D eigenvalue weighted by atomic mass is 32.1. The maximum Gasteiger partial charge on any atom is 0.177 e. The molecule has 0 bridgehead atoms. The van der Waals surface area contributed by atoms with Crippen molar-refractivity contribution in [2.24, 2.45) is 5.92 Å². The van der Waals surface area contributed by atoms with E-state index in [9.17, 15) is 8.78 Å². The third-order valence-electron chi connectivity index (χ3n) is 4.54. The Kier molecular flexibility index (Phi) is 2.11. The van der Waals surface area contributed by atoms with Gasteiger partial charge in [-0.05, 0) is 43.1 Å². The molecular weight excluding hydrogens is 266 g/mol. The van der Waals surface area contributed by atoms with Crippen LogP contribution in [-0.4, -0.2) is 9.55 Å². The molecule has 2 atom stereocenters. The molecule has 2 heterocycles. The maximum atomic E-state index is 14.0. The van der Waals surface area contributed by atoms with E-state index in [4.69, 9.17) is 12.2 Å². The van der Waals surface area contributed by atoms with Gasteiger partial charge in [-0.15, -0.1) is 0 Å². The first-order valence-corrected chi connectivity index (χ1v) is 6.74. The fourth-order valence-electron chi connectivity index (χ4n) is 3.51. The summed E-state index contributed by atoms with van der Waals surface area (Å²) in [4.78, 5) is 3.01. The zero-order chi connectivity index (χ0) is 13.2. The van der Waals surface area contributed by atoms with Crippen molar-refractivity contribution >= 4 is 12.2 Å². The van der Waals surface area contributed by atoms with Crippen LogP contribution >= 0.6 is 12.2 Å².